The first-order valence-corrected chi connectivity index (χ1v) is 12.8. The van der Waals surface area contributed by atoms with Crippen LogP contribution in [-0.2, 0) is 39.1 Å². The van der Waals surface area contributed by atoms with Gasteiger partial charge in [-0.2, -0.15) is 5.10 Å². The highest BCUT2D eigenvalue weighted by Crippen LogP contribution is 2.07. The number of hydrogen-bond acceptors (Lipinski definition) is 6. The minimum absolute atomic E-state index is 0.0397. The highest BCUT2D eigenvalue weighted by molar-refractivity contribution is 7.90. The fourth-order valence-electron chi connectivity index (χ4n) is 3.16. The van der Waals surface area contributed by atoms with Crippen LogP contribution in [0.1, 0.15) is 23.1 Å². The molecular formula is C24H28N4O5S. The number of ether oxygens (including phenoxy) is 1. The fourth-order valence-corrected chi connectivity index (χ4v) is 3.83. The Morgan fingerprint density at radius 3 is 2.35 bits per heavy atom. The minimum atomic E-state index is -3.32. The normalized spacial score (nSPS) is 12.0. The van der Waals surface area contributed by atoms with Crippen molar-refractivity contribution in [2.45, 2.75) is 32.2 Å². The quantitative estimate of drug-likeness (QED) is 0.431. The molecule has 0 saturated carbocycles. The van der Waals surface area contributed by atoms with Crippen LogP contribution in [0.2, 0.25) is 0 Å². The predicted molar refractivity (Wildman–Crippen MR) is 127 cm³/mol. The molecule has 1 aromatic heterocycles. The maximum atomic E-state index is 12.7. The molecule has 34 heavy (non-hydrogen) atoms. The zero-order valence-electron chi connectivity index (χ0n) is 18.9. The average molecular weight is 485 g/mol. The second-order valence-corrected chi connectivity index (χ2v) is 10.2. The summed E-state index contributed by atoms with van der Waals surface area (Å²) in [6.45, 7) is 0.914. The molecule has 2 aromatic carbocycles. The first kappa shape index (κ1) is 25.0. The SMILES string of the molecule is CS(=O)(=O)CCC(NC(=O)OCc1ccccc1)C(=O)NCc1ccc(Cn2cccn2)cc1. The Hall–Kier alpha value is -3.66. The summed E-state index contributed by atoms with van der Waals surface area (Å²) in [5.41, 5.74) is 2.73. The van der Waals surface area contributed by atoms with E-state index >= 15 is 0 Å². The summed E-state index contributed by atoms with van der Waals surface area (Å²) in [6, 6.07) is 17.6. The molecule has 3 aromatic rings. The first-order valence-electron chi connectivity index (χ1n) is 10.8. The Labute approximate surface area is 199 Å². The number of carbonyl (C=O) groups is 2. The summed E-state index contributed by atoms with van der Waals surface area (Å²) < 4.78 is 30.2. The summed E-state index contributed by atoms with van der Waals surface area (Å²) in [5.74, 6) is -0.729. The molecule has 0 aliphatic carbocycles. The van der Waals surface area contributed by atoms with Crippen LogP contribution < -0.4 is 10.6 Å². The van der Waals surface area contributed by atoms with Gasteiger partial charge in [0.15, 0.2) is 0 Å². The second kappa shape index (κ2) is 12.0. The van der Waals surface area contributed by atoms with E-state index in [1.807, 2.05) is 59.4 Å². The van der Waals surface area contributed by atoms with E-state index in [0.29, 0.717) is 6.54 Å². The van der Waals surface area contributed by atoms with Crippen molar-refractivity contribution in [3.05, 3.63) is 89.7 Å². The van der Waals surface area contributed by atoms with Gasteiger partial charge >= 0.3 is 6.09 Å². The van der Waals surface area contributed by atoms with Gasteiger partial charge in [0.1, 0.15) is 22.5 Å². The number of alkyl carbamates (subject to hydrolysis) is 1. The third-order valence-electron chi connectivity index (χ3n) is 4.99. The lowest BCUT2D eigenvalue weighted by Crippen LogP contribution is -2.47. The maximum absolute atomic E-state index is 12.7. The molecule has 0 fully saturated rings. The van der Waals surface area contributed by atoms with Crippen LogP contribution in [0.15, 0.2) is 73.1 Å². The van der Waals surface area contributed by atoms with E-state index in [4.69, 9.17) is 4.74 Å². The predicted octanol–water partition coefficient (Wildman–Crippen LogP) is 2.28. The third-order valence-corrected chi connectivity index (χ3v) is 5.97. The number of sulfone groups is 1. The summed E-state index contributed by atoms with van der Waals surface area (Å²) in [4.78, 5) is 25.0. The highest BCUT2D eigenvalue weighted by Gasteiger charge is 2.23. The lowest BCUT2D eigenvalue weighted by Gasteiger charge is -2.18. The first-order chi connectivity index (χ1) is 16.3. The van der Waals surface area contributed by atoms with Crippen molar-refractivity contribution < 1.29 is 22.7 Å². The molecule has 0 aliphatic rings. The molecule has 180 valence electrons. The van der Waals surface area contributed by atoms with Crippen LogP contribution >= 0.6 is 0 Å². The van der Waals surface area contributed by atoms with E-state index < -0.39 is 27.9 Å². The van der Waals surface area contributed by atoms with Gasteiger partial charge in [-0.25, -0.2) is 13.2 Å². The molecule has 2 N–H and O–H groups in total. The number of nitrogens with one attached hydrogen (secondary N) is 2. The van der Waals surface area contributed by atoms with Gasteiger partial charge in [0.25, 0.3) is 0 Å². The van der Waals surface area contributed by atoms with Gasteiger partial charge in [-0.15, -0.1) is 0 Å². The van der Waals surface area contributed by atoms with Crippen LogP contribution in [0.4, 0.5) is 4.79 Å². The highest BCUT2D eigenvalue weighted by atomic mass is 32.2. The zero-order valence-corrected chi connectivity index (χ0v) is 19.7. The molecule has 3 rings (SSSR count). The Morgan fingerprint density at radius 1 is 1.00 bits per heavy atom. The third kappa shape index (κ3) is 8.70. The summed E-state index contributed by atoms with van der Waals surface area (Å²) in [6.07, 6.45) is 3.83. The maximum Gasteiger partial charge on any atom is 0.408 e. The van der Waals surface area contributed by atoms with E-state index in [1.54, 1.807) is 18.3 Å². The summed E-state index contributed by atoms with van der Waals surface area (Å²) in [5, 5.41) is 9.41. The molecule has 9 nitrogen and oxygen atoms in total. The van der Waals surface area contributed by atoms with Crippen LogP contribution in [0.3, 0.4) is 0 Å². The largest absolute Gasteiger partial charge is 0.445 e. The van der Waals surface area contributed by atoms with Crippen molar-refractivity contribution in [3.63, 3.8) is 0 Å². The van der Waals surface area contributed by atoms with E-state index in [1.165, 1.54) is 0 Å². The van der Waals surface area contributed by atoms with Crippen molar-refractivity contribution >= 4 is 21.8 Å². The van der Waals surface area contributed by atoms with Gasteiger partial charge in [0, 0.05) is 25.2 Å². The van der Waals surface area contributed by atoms with Crippen LogP contribution in [-0.4, -0.2) is 48.2 Å². The van der Waals surface area contributed by atoms with E-state index in [9.17, 15) is 18.0 Å². The average Bonchev–Trinajstić information content (AvgIpc) is 3.33. The van der Waals surface area contributed by atoms with Crippen molar-refractivity contribution in [1.29, 1.82) is 0 Å². The van der Waals surface area contributed by atoms with Gasteiger partial charge < -0.3 is 15.4 Å². The molecule has 0 spiro atoms. The van der Waals surface area contributed by atoms with Crippen molar-refractivity contribution in [1.82, 2.24) is 20.4 Å². The smallest absolute Gasteiger partial charge is 0.408 e. The Balaban J connectivity index is 1.54. The van der Waals surface area contributed by atoms with Crippen molar-refractivity contribution in [2.24, 2.45) is 0 Å². The number of carbonyl (C=O) groups excluding carboxylic acids is 2. The van der Waals surface area contributed by atoms with Crippen molar-refractivity contribution in [2.75, 3.05) is 12.0 Å². The molecule has 1 atom stereocenters. The topological polar surface area (TPSA) is 119 Å². The molecule has 10 heteroatoms. The van der Waals surface area contributed by atoms with Gasteiger partial charge in [0.2, 0.25) is 5.91 Å². The van der Waals surface area contributed by atoms with Gasteiger partial charge in [-0.3, -0.25) is 9.48 Å². The molecule has 0 bridgehead atoms. The molecule has 1 unspecified atom stereocenters. The molecular weight excluding hydrogens is 456 g/mol. The Morgan fingerprint density at radius 2 is 1.71 bits per heavy atom. The number of hydrogen-bond donors (Lipinski definition) is 2. The summed E-state index contributed by atoms with van der Waals surface area (Å²) >= 11 is 0. The van der Waals surface area contributed by atoms with Crippen LogP contribution in [0.25, 0.3) is 0 Å². The number of nitrogens with zero attached hydrogens (tertiary/aromatic N) is 2. The second-order valence-electron chi connectivity index (χ2n) is 7.92. The van der Waals surface area contributed by atoms with Crippen LogP contribution in [0.5, 0.6) is 0 Å². The van der Waals surface area contributed by atoms with E-state index in [2.05, 4.69) is 15.7 Å². The van der Waals surface area contributed by atoms with Crippen molar-refractivity contribution in [3.8, 4) is 0 Å². The molecule has 2 amide bonds. The summed E-state index contributed by atoms with van der Waals surface area (Å²) in [7, 11) is -3.32. The van der Waals surface area contributed by atoms with Crippen LogP contribution in [0, 0.1) is 0 Å². The van der Waals surface area contributed by atoms with E-state index in [0.717, 1.165) is 22.9 Å². The van der Waals surface area contributed by atoms with Gasteiger partial charge in [0.05, 0.1) is 12.3 Å². The number of aromatic nitrogens is 2. The Bertz CT molecular complexity index is 1160. The molecule has 1 heterocycles. The molecule has 0 aliphatic heterocycles. The molecule has 0 radical (unpaired) electrons. The van der Waals surface area contributed by atoms with Gasteiger partial charge in [-0.1, -0.05) is 54.6 Å². The monoisotopic (exact) mass is 484 g/mol. The lowest BCUT2D eigenvalue weighted by molar-refractivity contribution is -0.123. The Kier molecular flexibility index (Phi) is 8.80. The zero-order chi connectivity index (χ0) is 24.4. The fraction of sp³-hybridized carbons (Fsp3) is 0.292. The standard InChI is InChI=1S/C24H28N4O5S/c1-34(31,32)15-12-22(27-24(30)33-18-21-6-3-2-4-7-21)23(29)25-16-19-8-10-20(11-9-19)17-28-14-5-13-26-28/h2-11,13-14,22H,12,15-18H2,1H3,(H,25,29)(H,27,30). The number of amides is 2. The van der Waals surface area contributed by atoms with Gasteiger partial charge in [-0.05, 0) is 29.2 Å². The van der Waals surface area contributed by atoms with E-state index in [-0.39, 0.29) is 25.3 Å². The lowest BCUT2D eigenvalue weighted by atomic mass is 10.1. The number of rotatable bonds is 11. The number of benzene rings is 2. The molecule has 0 saturated heterocycles. The minimum Gasteiger partial charge on any atom is -0.445 e.